The lowest BCUT2D eigenvalue weighted by atomic mass is 10.1. The van der Waals surface area contributed by atoms with Gasteiger partial charge in [-0.05, 0) is 32.3 Å². The van der Waals surface area contributed by atoms with Crippen LogP contribution in [-0.4, -0.2) is 18.5 Å². The summed E-state index contributed by atoms with van der Waals surface area (Å²) in [4.78, 5) is 11.8. The third-order valence-electron chi connectivity index (χ3n) is 3.99. The van der Waals surface area contributed by atoms with Crippen LogP contribution >= 0.6 is 0 Å². The average Bonchev–Trinajstić information content (AvgIpc) is 3.21. The van der Waals surface area contributed by atoms with Crippen molar-refractivity contribution < 1.29 is 9.21 Å². The molecule has 1 aliphatic carbocycles. The maximum absolute atomic E-state index is 11.8. The number of nitrogens with one attached hydrogen (secondary N) is 2. The van der Waals surface area contributed by atoms with E-state index in [-0.39, 0.29) is 11.9 Å². The number of aryl methyl sites for hydroxylation is 1. The van der Waals surface area contributed by atoms with Crippen molar-refractivity contribution in [2.75, 3.05) is 6.54 Å². The standard InChI is InChI=1S/C17H22N2O2/c1-3-13-14-6-4-5-7-15(14)21-17(13)11(2)18-10-16(20)19-12-8-9-12/h4-7,11-12,18H,3,8-10H2,1-2H3,(H,19,20). The van der Waals surface area contributed by atoms with Gasteiger partial charge in [0.05, 0.1) is 12.6 Å². The van der Waals surface area contributed by atoms with Crippen LogP contribution in [0.5, 0.6) is 0 Å². The number of carbonyl (C=O) groups excluding carboxylic acids is 1. The molecule has 4 nitrogen and oxygen atoms in total. The Morgan fingerprint density at radius 1 is 1.38 bits per heavy atom. The Bertz CT molecular complexity index is 643. The molecule has 1 unspecified atom stereocenters. The highest BCUT2D eigenvalue weighted by atomic mass is 16.3. The molecule has 1 heterocycles. The molecular formula is C17H22N2O2. The number of furan rings is 1. The van der Waals surface area contributed by atoms with Crippen molar-refractivity contribution in [2.45, 2.75) is 45.2 Å². The van der Waals surface area contributed by atoms with Crippen LogP contribution in [0.25, 0.3) is 11.0 Å². The molecule has 0 radical (unpaired) electrons. The molecular weight excluding hydrogens is 264 g/mol. The van der Waals surface area contributed by atoms with E-state index in [1.165, 1.54) is 10.9 Å². The molecule has 1 fully saturated rings. The Kier molecular flexibility index (Phi) is 3.97. The van der Waals surface area contributed by atoms with Gasteiger partial charge in [-0.15, -0.1) is 0 Å². The number of carbonyl (C=O) groups is 1. The van der Waals surface area contributed by atoms with Crippen molar-refractivity contribution in [2.24, 2.45) is 0 Å². The summed E-state index contributed by atoms with van der Waals surface area (Å²) in [5.74, 6) is 1.01. The third-order valence-corrected chi connectivity index (χ3v) is 3.99. The van der Waals surface area contributed by atoms with Gasteiger partial charge >= 0.3 is 0 Å². The van der Waals surface area contributed by atoms with Gasteiger partial charge in [-0.1, -0.05) is 25.1 Å². The molecule has 0 spiro atoms. The number of amides is 1. The maximum Gasteiger partial charge on any atom is 0.234 e. The predicted molar refractivity (Wildman–Crippen MR) is 83.2 cm³/mol. The Labute approximate surface area is 124 Å². The van der Waals surface area contributed by atoms with E-state index in [0.29, 0.717) is 12.6 Å². The van der Waals surface area contributed by atoms with Crippen LogP contribution in [0.2, 0.25) is 0 Å². The predicted octanol–water partition coefficient (Wildman–Crippen LogP) is 2.92. The summed E-state index contributed by atoms with van der Waals surface area (Å²) in [5, 5.41) is 7.42. The van der Waals surface area contributed by atoms with Crippen molar-refractivity contribution in [1.29, 1.82) is 0 Å². The number of hydrogen-bond acceptors (Lipinski definition) is 3. The number of fused-ring (bicyclic) bond motifs is 1. The summed E-state index contributed by atoms with van der Waals surface area (Å²) in [6, 6.07) is 8.53. The summed E-state index contributed by atoms with van der Waals surface area (Å²) in [5.41, 5.74) is 2.15. The van der Waals surface area contributed by atoms with E-state index >= 15 is 0 Å². The van der Waals surface area contributed by atoms with Crippen molar-refractivity contribution in [3.05, 3.63) is 35.6 Å². The SMILES string of the molecule is CCc1c(C(C)NCC(=O)NC2CC2)oc2ccccc12. The molecule has 1 aromatic carbocycles. The van der Waals surface area contributed by atoms with Gasteiger partial charge < -0.3 is 9.73 Å². The fourth-order valence-corrected chi connectivity index (χ4v) is 2.68. The fraction of sp³-hybridized carbons (Fsp3) is 0.471. The van der Waals surface area contributed by atoms with Crippen LogP contribution in [-0.2, 0) is 11.2 Å². The lowest BCUT2D eigenvalue weighted by molar-refractivity contribution is -0.120. The topological polar surface area (TPSA) is 54.3 Å². The second kappa shape index (κ2) is 5.90. The summed E-state index contributed by atoms with van der Waals surface area (Å²) >= 11 is 0. The smallest absolute Gasteiger partial charge is 0.234 e. The first kappa shape index (κ1) is 14.1. The van der Waals surface area contributed by atoms with Crippen molar-refractivity contribution in [3.8, 4) is 0 Å². The zero-order valence-electron chi connectivity index (χ0n) is 12.6. The summed E-state index contributed by atoms with van der Waals surface area (Å²) < 4.78 is 5.98. The van der Waals surface area contributed by atoms with E-state index in [2.05, 4.69) is 23.6 Å². The number of para-hydroxylation sites is 1. The molecule has 3 rings (SSSR count). The zero-order chi connectivity index (χ0) is 14.8. The summed E-state index contributed by atoms with van der Waals surface area (Å²) in [7, 11) is 0. The minimum Gasteiger partial charge on any atom is -0.459 e. The molecule has 2 aromatic rings. The highest BCUT2D eigenvalue weighted by molar-refractivity contribution is 5.82. The second-order valence-electron chi connectivity index (χ2n) is 5.74. The van der Waals surface area contributed by atoms with Gasteiger partial charge in [-0.2, -0.15) is 0 Å². The first-order valence-corrected chi connectivity index (χ1v) is 7.72. The molecule has 1 saturated carbocycles. The van der Waals surface area contributed by atoms with E-state index in [0.717, 1.165) is 30.6 Å². The van der Waals surface area contributed by atoms with Crippen LogP contribution in [0.1, 0.15) is 44.1 Å². The molecule has 4 heteroatoms. The molecule has 0 bridgehead atoms. The first-order valence-electron chi connectivity index (χ1n) is 7.72. The van der Waals surface area contributed by atoms with Gasteiger partial charge in [-0.3, -0.25) is 10.1 Å². The lowest BCUT2D eigenvalue weighted by Gasteiger charge is -2.13. The highest BCUT2D eigenvalue weighted by Gasteiger charge is 2.24. The number of benzene rings is 1. The second-order valence-corrected chi connectivity index (χ2v) is 5.74. The van der Waals surface area contributed by atoms with Crippen molar-refractivity contribution in [3.63, 3.8) is 0 Å². The number of rotatable bonds is 6. The first-order chi connectivity index (χ1) is 10.2. The van der Waals surface area contributed by atoms with Gasteiger partial charge in [0.15, 0.2) is 0 Å². The van der Waals surface area contributed by atoms with Crippen LogP contribution in [0.3, 0.4) is 0 Å². The average molecular weight is 286 g/mol. The van der Waals surface area contributed by atoms with E-state index < -0.39 is 0 Å². The molecule has 1 aliphatic rings. The monoisotopic (exact) mass is 286 g/mol. The van der Waals surface area contributed by atoms with E-state index in [1.807, 2.05) is 25.1 Å². The molecule has 0 saturated heterocycles. The Hall–Kier alpha value is -1.81. The molecule has 0 aliphatic heterocycles. The van der Waals surface area contributed by atoms with Crippen LogP contribution in [0.15, 0.2) is 28.7 Å². The van der Waals surface area contributed by atoms with Gasteiger partial charge in [0.2, 0.25) is 5.91 Å². The molecule has 112 valence electrons. The quantitative estimate of drug-likeness (QED) is 0.858. The molecule has 21 heavy (non-hydrogen) atoms. The number of hydrogen-bond donors (Lipinski definition) is 2. The largest absolute Gasteiger partial charge is 0.459 e. The van der Waals surface area contributed by atoms with Crippen LogP contribution in [0.4, 0.5) is 0 Å². The zero-order valence-corrected chi connectivity index (χ0v) is 12.6. The summed E-state index contributed by atoms with van der Waals surface area (Å²) in [6.07, 6.45) is 3.16. The van der Waals surface area contributed by atoms with Gasteiger partial charge in [-0.25, -0.2) is 0 Å². The maximum atomic E-state index is 11.8. The minimum absolute atomic E-state index is 0.0253. The Morgan fingerprint density at radius 3 is 2.86 bits per heavy atom. The van der Waals surface area contributed by atoms with Gasteiger partial charge in [0.25, 0.3) is 0 Å². The minimum atomic E-state index is 0.0253. The van der Waals surface area contributed by atoms with Crippen molar-refractivity contribution in [1.82, 2.24) is 10.6 Å². The molecule has 2 N–H and O–H groups in total. The van der Waals surface area contributed by atoms with E-state index in [9.17, 15) is 4.79 Å². The van der Waals surface area contributed by atoms with Gasteiger partial charge in [0, 0.05) is 17.0 Å². The van der Waals surface area contributed by atoms with Crippen LogP contribution in [0, 0.1) is 0 Å². The van der Waals surface area contributed by atoms with E-state index in [4.69, 9.17) is 4.42 Å². The lowest BCUT2D eigenvalue weighted by Crippen LogP contribution is -2.36. The summed E-state index contributed by atoms with van der Waals surface area (Å²) in [6.45, 7) is 4.51. The molecule has 1 atom stereocenters. The molecule has 1 aromatic heterocycles. The Balaban J connectivity index is 1.71. The van der Waals surface area contributed by atoms with E-state index in [1.54, 1.807) is 0 Å². The normalized spacial score (nSPS) is 16.1. The van der Waals surface area contributed by atoms with Crippen LogP contribution < -0.4 is 10.6 Å². The highest BCUT2D eigenvalue weighted by Crippen LogP contribution is 2.30. The fourth-order valence-electron chi connectivity index (χ4n) is 2.68. The third kappa shape index (κ3) is 3.10. The van der Waals surface area contributed by atoms with Gasteiger partial charge in [0.1, 0.15) is 11.3 Å². The molecule has 1 amide bonds. The Morgan fingerprint density at radius 2 is 2.14 bits per heavy atom. The van der Waals surface area contributed by atoms with Crippen molar-refractivity contribution >= 4 is 16.9 Å².